The highest BCUT2D eigenvalue weighted by molar-refractivity contribution is 6.15. The van der Waals surface area contributed by atoms with Gasteiger partial charge in [-0.05, 0) is 55.0 Å². The molecule has 1 unspecified atom stereocenters. The Kier molecular flexibility index (Phi) is 8.47. The molecule has 4 heteroatoms. The number of benzene rings is 1. The Morgan fingerprint density at radius 1 is 1.19 bits per heavy atom. The molecule has 0 saturated carbocycles. The zero-order chi connectivity index (χ0) is 15.7. The molecule has 0 fully saturated rings. The molecular weight excluding hydrogens is 263 g/mol. The summed E-state index contributed by atoms with van der Waals surface area (Å²) in [6.45, 7) is 9.73. The minimum atomic E-state index is 0.391. The summed E-state index contributed by atoms with van der Waals surface area (Å²) in [5.74, 6) is 1.56. The van der Waals surface area contributed by atoms with Gasteiger partial charge >= 0.3 is 7.69 Å². The Hall–Kier alpha value is -0.995. The lowest BCUT2D eigenvalue weighted by atomic mass is 10.0. The third-order valence-electron chi connectivity index (χ3n) is 4.00. The molecule has 1 atom stereocenters. The molecule has 0 spiro atoms. The number of aryl methyl sites for hydroxylation is 2. The van der Waals surface area contributed by atoms with E-state index < -0.39 is 0 Å². The number of hydrogen-bond donors (Lipinski definition) is 1. The second-order valence-corrected chi connectivity index (χ2v) is 5.68. The first-order valence-electron chi connectivity index (χ1n) is 7.92. The maximum atomic E-state index is 8.64. The number of ether oxygens (including phenoxy) is 1. The van der Waals surface area contributed by atoms with Gasteiger partial charge in [-0.1, -0.05) is 33.1 Å². The molecule has 0 bridgehead atoms. The summed E-state index contributed by atoms with van der Waals surface area (Å²) in [5.41, 5.74) is 3.37. The number of unbranched alkanes of at least 4 members (excludes halogenated alkanes) is 1. The van der Waals surface area contributed by atoms with Crippen LogP contribution < -0.4 is 4.74 Å². The van der Waals surface area contributed by atoms with E-state index in [-0.39, 0.29) is 0 Å². The van der Waals surface area contributed by atoms with E-state index in [1.807, 2.05) is 13.8 Å². The fourth-order valence-corrected chi connectivity index (χ4v) is 2.50. The molecule has 0 aliphatic heterocycles. The first kappa shape index (κ1) is 18.1. The van der Waals surface area contributed by atoms with Gasteiger partial charge in [0.15, 0.2) is 0 Å². The molecule has 1 N–H and O–H groups in total. The van der Waals surface area contributed by atoms with E-state index in [0.29, 0.717) is 12.5 Å². The lowest BCUT2D eigenvalue weighted by molar-refractivity contribution is 0.232. The maximum absolute atomic E-state index is 8.64. The van der Waals surface area contributed by atoms with Crippen LogP contribution >= 0.6 is 0 Å². The SMILES string of the molecule is CCCCC(CC)COc1cc(C)c(CO[B]O)c(C)c1. The Labute approximate surface area is 130 Å². The molecule has 1 aromatic carbocycles. The summed E-state index contributed by atoms with van der Waals surface area (Å²) in [7, 11) is 0.739. The van der Waals surface area contributed by atoms with Gasteiger partial charge in [0.05, 0.1) is 13.2 Å². The summed E-state index contributed by atoms with van der Waals surface area (Å²) in [6.07, 6.45) is 4.92. The maximum Gasteiger partial charge on any atom is 0.485 e. The van der Waals surface area contributed by atoms with E-state index in [2.05, 4.69) is 26.0 Å². The molecule has 117 valence electrons. The van der Waals surface area contributed by atoms with Crippen LogP contribution in [0.5, 0.6) is 5.75 Å². The second-order valence-electron chi connectivity index (χ2n) is 5.68. The number of rotatable bonds is 10. The van der Waals surface area contributed by atoms with Gasteiger partial charge < -0.3 is 14.4 Å². The lowest BCUT2D eigenvalue weighted by Crippen LogP contribution is -2.12. The van der Waals surface area contributed by atoms with Gasteiger partial charge in [0, 0.05) is 0 Å². The Bertz CT molecular complexity index is 397. The van der Waals surface area contributed by atoms with Gasteiger partial charge in [0.1, 0.15) is 5.75 Å². The average Bonchev–Trinajstić information content (AvgIpc) is 2.46. The molecule has 0 saturated heterocycles. The Morgan fingerprint density at radius 2 is 1.86 bits per heavy atom. The fraction of sp³-hybridized carbons (Fsp3) is 0.647. The van der Waals surface area contributed by atoms with Gasteiger partial charge in [0.2, 0.25) is 0 Å². The lowest BCUT2D eigenvalue weighted by Gasteiger charge is -2.17. The molecule has 1 radical (unpaired) electrons. The molecule has 1 aromatic rings. The van der Waals surface area contributed by atoms with Crippen LogP contribution in [0.2, 0.25) is 0 Å². The second kappa shape index (κ2) is 9.85. The zero-order valence-electron chi connectivity index (χ0n) is 13.8. The van der Waals surface area contributed by atoms with Crippen molar-refractivity contribution >= 4 is 7.69 Å². The first-order valence-corrected chi connectivity index (χ1v) is 7.92. The predicted molar refractivity (Wildman–Crippen MR) is 87.5 cm³/mol. The largest absolute Gasteiger partial charge is 0.493 e. The molecule has 3 nitrogen and oxygen atoms in total. The van der Waals surface area contributed by atoms with E-state index in [1.54, 1.807) is 0 Å². The van der Waals surface area contributed by atoms with Gasteiger partial charge in [-0.25, -0.2) is 0 Å². The van der Waals surface area contributed by atoms with Crippen molar-refractivity contribution in [3.05, 3.63) is 28.8 Å². The van der Waals surface area contributed by atoms with Crippen molar-refractivity contribution in [3.8, 4) is 5.75 Å². The van der Waals surface area contributed by atoms with E-state index in [1.165, 1.54) is 19.3 Å². The van der Waals surface area contributed by atoms with Crippen molar-refractivity contribution in [1.29, 1.82) is 0 Å². The normalized spacial score (nSPS) is 12.2. The van der Waals surface area contributed by atoms with Gasteiger partial charge in [-0.15, -0.1) is 0 Å². The van der Waals surface area contributed by atoms with E-state index >= 15 is 0 Å². The Morgan fingerprint density at radius 3 is 2.38 bits per heavy atom. The van der Waals surface area contributed by atoms with Crippen LogP contribution in [0.1, 0.15) is 56.2 Å². The topological polar surface area (TPSA) is 38.7 Å². The molecule has 0 aromatic heterocycles. The summed E-state index contributed by atoms with van der Waals surface area (Å²) >= 11 is 0. The molecule has 1 rings (SSSR count). The standard InChI is InChI=1S/C17H28BO3/c1-5-7-8-15(6-2)11-20-16-9-13(3)17(12-21-18-19)14(4)10-16/h9-10,15,19H,5-8,11-12H2,1-4H3. The smallest absolute Gasteiger partial charge is 0.485 e. The van der Waals surface area contributed by atoms with Gasteiger partial charge in [-0.2, -0.15) is 0 Å². The van der Waals surface area contributed by atoms with Gasteiger partial charge in [0.25, 0.3) is 0 Å². The van der Waals surface area contributed by atoms with Crippen LogP contribution in [0, 0.1) is 19.8 Å². The molecule has 21 heavy (non-hydrogen) atoms. The van der Waals surface area contributed by atoms with Crippen molar-refractivity contribution in [1.82, 2.24) is 0 Å². The third kappa shape index (κ3) is 6.10. The van der Waals surface area contributed by atoms with Crippen molar-refractivity contribution in [3.63, 3.8) is 0 Å². The summed E-state index contributed by atoms with van der Waals surface area (Å²) in [4.78, 5) is 0. The van der Waals surface area contributed by atoms with Crippen LogP contribution in [0.15, 0.2) is 12.1 Å². The van der Waals surface area contributed by atoms with Crippen LogP contribution in [-0.4, -0.2) is 19.3 Å². The average molecular weight is 291 g/mol. The van der Waals surface area contributed by atoms with Crippen molar-refractivity contribution in [2.75, 3.05) is 6.61 Å². The highest BCUT2D eigenvalue weighted by Crippen LogP contribution is 2.24. The molecule has 0 aliphatic rings. The van der Waals surface area contributed by atoms with Crippen molar-refractivity contribution in [2.24, 2.45) is 5.92 Å². The van der Waals surface area contributed by atoms with E-state index in [0.717, 1.165) is 43.2 Å². The van der Waals surface area contributed by atoms with Gasteiger partial charge in [-0.3, -0.25) is 0 Å². The summed E-state index contributed by atoms with van der Waals surface area (Å²) in [6, 6.07) is 4.10. The predicted octanol–water partition coefficient (Wildman–Crippen LogP) is 3.94. The minimum absolute atomic E-state index is 0.391. The minimum Gasteiger partial charge on any atom is -0.493 e. The first-order chi connectivity index (χ1) is 10.1. The van der Waals surface area contributed by atoms with Crippen LogP contribution in [0.4, 0.5) is 0 Å². The fourth-order valence-electron chi connectivity index (χ4n) is 2.50. The highest BCUT2D eigenvalue weighted by atomic mass is 16.5. The highest BCUT2D eigenvalue weighted by Gasteiger charge is 2.10. The van der Waals surface area contributed by atoms with E-state index in [4.69, 9.17) is 14.4 Å². The van der Waals surface area contributed by atoms with Crippen molar-refractivity contribution in [2.45, 2.75) is 60.0 Å². The van der Waals surface area contributed by atoms with Crippen LogP contribution in [0.3, 0.4) is 0 Å². The molecule has 0 heterocycles. The van der Waals surface area contributed by atoms with Crippen LogP contribution in [0.25, 0.3) is 0 Å². The quantitative estimate of drug-likeness (QED) is 0.664. The molecular formula is C17H28BO3. The van der Waals surface area contributed by atoms with Crippen molar-refractivity contribution < 1.29 is 14.4 Å². The molecule has 0 amide bonds. The summed E-state index contributed by atoms with van der Waals surface area (Å²) < 4.78 is 10.9. The summed E-state index contributed by atoms with van der Waals surface area (Å²) in [5, 5.41) is 8.64. The van der Waals surface area contributed by atoms with Crippen LogP contribution in [-0.2, 0) is 11.3 Å². The molecule has 0 aliphatic carbocycles. The zero-order valence-corrected chi connectivity index (χ0v) is 13.8. The monoisotopic (exact) mass is 291 g/mol. The number of hydrogen-bond acceptors (Lipinski definition) is 3. The third-order valence-corrected chi connectivity index (χ3v) is 4.00. The Balaban J connectivity index is 2.63. The van der Waals surface area contributed by atoms with E-state index in [9.17, 15) is 0 Å².